The van der Waals surface area contributed by atoms with Crippen molar-refractivity contribution < 1.29 is 14.3 Å². The van der Waals surface area contributed by atoms with Gasteiger partial charge in [0.1, 0.15) is 11.5 Å². The minimum Gasteiger partial charge on any atom is -0.497 e. The molecule has 1 aromatic carbocycles. The highest BCUT2D eigenvalue weighted by atomic mass is 32.1. The first-order valence-corrected chi connectivity index (χ1v) is 6.45. The molecular weight excluding hydrogens is 264 g/mol. The van der Waals surface area contributed by atoms with E-state index < -0.39 is 0 Å². The molecule has 2 aromatic rings. The topological polar surface area (TPSA) is 52.8 Å². The number of amides is 1. The molecule has 2 rings (SSSR count). The van der Waals surface area contributed by atoms with E-state index >= 15 is 0 Å². The number of hydrogen-bond acceptors (Lipinski definition) is 4. The Hall–Kier alpha value is -2.08. The fourth-order valence-electron chi connectivity index (χ4n) is 1.56. The van der Waals surface area contributed by atoms with E-state index in [1.165, 1.54) is 18.4 Å². The van der Waals surface area contributed by atoms with Gasteiger partial charge in [-0.1, -0.05) is 0 Å². The molecule has 100 valence electrons. The van der Waals surface area contributed by atoms with Crippen molar-refractivity contribution in [3.63, 3.8) is 0 Å². The number of ether oxygens (including phenoxy) is 2. The molecule has 1 aromatic heterocycles. The second kappa shape index (κ2) is 5.71. The number of thiazole rings is 1. The number of methoxy groups -OCH3 is 2. The van der Waals surface area contributed by atoms with Crippen LogP contribution in [0.3, 0.4) is 0 Å². The lowest BCUT2D eigenvalue weighted by Gasteiger charge is -2.07. The summed E-state index contributed by atoms with van der Waals surface area (Å²) in [5, 5.41) is 1.87. The van der Waals surface area contributed by atoms with Crippen molar-refractivity contribution >= 4 is 17.2 Å². The maximum absolute atomic E-state index is 12.2. The Balaban J connectivity index is 2.46. The van der Waals surface area contributed by atoms with Gasteiger partial charge in [0.05, 0.1) is 19.8 Å². The summed E-state index contributed by atoms with van der Waals surface area (Å²) in [6.07, 6.45) is 1.85. The Morgan fingerprint density at radius 2 is 2.11 bits per heavy atom. The highest BCUT2D eigenvalue weighted by Crippen LogP contribution is 2.24. The van der Waals surface area contributed by atoms with Gasteiger partial charge in [0, 0.05) is 18.6 Å². The Labute approximate surface area is 114 Å². The monoisotopic (exact) mass is 278 g/mol. The van der Waals surface area contributed by atoms with Gasteiger partial charge in [-0.3, -0.25) is 4.79 Å². The molecule has 5 nitrogen and oxygen atoms in total. The number of aryl methyl sites for hydroxylation is 1. The molecule has 0 radical (unpaired) electrons. The Bertz CT molecular complexity index is 658. The van der Waals surface area contributed by atoms with Crippen molar-refractivity contribution in [2.24, 2.45) is 12.0 Å². The molecule has 0 spiro atoms. The van der Waals surface area contributed by atoms with Crippen LogP contribution in [0.2, 0.25) is 0 Å². The zero-order chi connectivity index (χ0) is 13.8. The summed E-state index contributed by atoms with van der Waals surface area (Å²) < 4.78 is 12.1. The smallest absolute Gasteiger partial charge is 0.283 e. The normalized spacial score (nSPS) is 11.4. The average Bonchev–Trinajstić information content (AvgIpc) is 2.83. The van der Waals surface area contributed by atoms with Gasteiger partial charge >= 0.3 is 0 Å². The van der Waals surface area contributed by atoms with Gasteiger partial charge < -0.3 is 14.0 Å². The van der Waals surface area contributed by atoms with Crippen molar-refractivity contribution in [2.75, 3.05) is 14.2 Å². The predicted octanol–water partition coefficient (Wildman–Crippen LogP) is 1.84. The summed E-state index contributed by atoms with van der Waals surface area (Å²) in [4.78, 5) is 16.9. The largest absolute Gasteiger partial charge is 0.497 e. The van der Waals surface area contributed by atoms with Crippen LogP contribution < -0.4 is 14.3 Å². The van der Waals surface area contributed by atoms with Gasteiger partial charge in [-0.2, -0.15) is 4.99 Å². The van der Waals surface area contributed by atoms with E-state index in [1.54, 1.807) is 29.9 Å². The van der Waals surface area contributed by atoms with Crippen LogP contribution in [0.25, 0.3) is 0 Å². The fraction of sp³-hybridized carbons (Fsp3) is 0.231. The van der Waals surface area contributed by atoms with Crippen LogP contribution in [0.4, 0.5) is 0 Å². The van der Waals surface area contributed by atoms with Crippen LogP contribution in [-0.4, -0.2) is 24.7 Å². The maximum atomic E-state index is 12.2. The Morgan fingerprint density at radius 3 is 2.68 bits per heavy atom. The summed E-state index contributed by atoms with van der Waals surface area (Å²) in [5.41, 5.74) is 0.384. The highest BCUT2D eigenvalue weighted by molar-refractivity contribution is 7.07. The molecular formula is C13H14N2O3S. The second-order valence-electron chi connectivity index (χ2n) is 3.78. The molecule has 0 bridgehead atoms. The minimum absolute atomic E-state index is 0.353. The van der Waals surface area contributed by atoms with Gasteiger partial charge in [0.15, 0.2) is 4.80 Å². The van der Waals surface area contributed by atoms with E-state index in [9.17, 15) is 4.79 Å². The predicted molar refractivity (Wildman–Crippen MR) is 72.7 cm³/mol. The number of benzene rings is 1. The van der Waals surface area contributed by atoms with Crippen LogP contribution in [0.15, 0.2) is 34.8 Å². The van der Waals surface area contributed by atoms with Gasteiger partial charge in [0.2, 0.25) is 0 Å². The molecule has 0 fully saturated rings. The van der Waals surface area contributed by atoms with E-state index in [2.05, 4.69) is 4.99 Å². The van der Waals surface area contributed by atoms with Crippen molar-refractivity contribution in [2.45, 2.75) is 0 Å². The zero-order valence-corrected chi connectivity index (χ0v) is 11.7. The minimum atomic E-state index is -0.353. The maximum Gasteiger partial charge on any atom is 0.283 e. The van der Waals surface area contributed by atoms with Crippen molar-refractivity contribution in [3.8, 4) is 11.5 Å². The molecule has 0 N–H and O–H groups in total. The molecule has 0 saturated heterocycles. The van der Waals surface area contributed by atoms with E-state index in [0.29, 0.717) is 21.9 Å². The lowest BCUT2D eigenvalue weighted by molar-refractivity contribution is 0.0994. The molecule has 0 atom stereocenters. The molecule has 0 unspecified atom stereocenters. The molecule has 0 aliphatic rings. The first-order chi connectivity index (χ1) is 9.15. The van der Waals surface area contributed by atoms with Crippen LogP contribution >= 0.6 is 11.3 Å². The molecule has 0 aliphatic heterocycles. The van der Waals surface area contributed by atoms with Crippen molar-refractivity contribution in [3.05, 3.63) is 40.1 Å². The first kappa shape index (κ1) is 13.4. The zero-order valence-electron chi connectivity index (χ0n) is 10.9. The lowest BCUT2D eigenvalue weighted by Crippen LogP contribution is -2.13. The fourth-order valence-corrected chi connectivity index (χ4v) is 2.29. The van der Waals surface area contributed by atoms with Gasteiger partial charge in [-0.05, 0) is 18.2 Å². The van der Waals surface area contributed by atoms with E-state index in [4.69, 9.17) is 9.47 Å². The SMILES string of the molecule is COc1ccc(OC)c(C(=O)N=c2sccn2C)c1. The van der Waals surface area contributed by atoms with Crippen LogP contribution in [0.5, 0.6) is 11.5 Å². The number of carbonyl (C=O) groups is 1. The van der Waals surface area contributed by atoms with E-state index in [-0.39, 0.29) is 5.91 Å². The van der Waals surface area contributed by atoms with E-state index in [1.807, 2.05) is 18.6 Å². The van der Waals surface area contributed by atoms with Crippen molar-refractivity contribution in [1.82, 2.24) is 4.57 Å². The number of nitrogens with zero attached hydrogens (tertiary/aromatic N) is 2. The number of hydrogen-bond donors (Lipinski definition) is 0. The van der Waals surface area contributed by atoms with Crippen LogP contribution in [0.1, 0.15) is 10.4 Å². The van der Waals surface area contributed by atoms with Gasteiger partial charge in [-0.25, -0.2) is 0 Å². The molecule has 1 heterocycles. The summed E-state index contributed by atoms with van der Waals surface area (Å²) in [6, 6.07) is 5.05. The summed E-state index contributed by atoms with van der Waals surface area (Å²) in [5.74, 6) is 0.720. The molecule has 1 amide bonds. The number of carbonyl (C=O) groups excluding carboxylic acids is 1. The quantitative estimate of drug-likeness (QED) is 0.861. The Kier molecular flexibility index (Phi) is 4.01. The second-order valence-corrected chi connectivity index (χ2v) is 4.65. The third-order valence-electron chi connectivity index (χ3n) is 2.59. The third-order valence-corrected chi connectivity index (χ3v) is 3.44. The van der Waals surface area contributed by atoms with Crippen LogP contribution in [-0.2, 0) is 7.05 Å². The van der Waals surface area contributed by atoms with Crippen LogP contribution in [0, 0.1) is 0 Å². The summed E-state index contributed by atoms with van der Waals surface area (Å²) >= 11 is 1.40. The van der Waals surface area contributed by atoms with E-state index in [0.717, 1.165) is 0 Å². The first-order valence-electron chi connectivity index (χ1n) is 5.57. The number of rotatable bonds is 3. The molecule has 0 aliphatic carbocycles. The third kappa shape index (κ3) is 2.85. The van der Waals surface area contributed by atoms with Crippen molar-refractivity contribution in [1.29, 1.82) is 0 Å². The lowest BCUT2D eigenvalue weighted by atomic mass is 10.2. The summed E-state index contributed by atoms with van der Waals surface area (Å²) in [6.45, 7) is 0. The summed E-state index contributed by atoms with van der Waals surface area (Å²) in [7, 11) is 4.90. The molecule has 19 heavy (non-hydrogen) atoms. The van der Waals surface area contributed by atoms with Gasteiger partial charge in [-0.15, -0.1) is 11.3 Å². The molecule has 0 saturated carbocycles. The van der Waals surface area contributed by atoms with Gasteiger partial charge in [0.25, 0.3) is 5.91 Å². The highest BCUT2D eigenvalue weighted by Gasteiger charge is 2.13. The Morgan fingerprint density at radius 1 is 1.32 bits per heavy atom. The average molecular weight is 278 g/mol. The molecule has 6 heteroatoms. The number of aromatic nitrogens is 1. The standard InChI is InChI=1S/C13H14N2O3S/c1-15-6-7-19-13(15)14-12(16)10-8-9(17-2)4-5-11(10)18-3/h4-8H,1-3H3.